The lowest BCUT2D eigenvalue weighted by Gasteiger charge is -2.33. The largest absolute Gasteiger partial charge is 0.383 e. The summed E-state index contributed by atoms with van der Waals surface area (Å²) >= 11 is 0. The van der Waals surface area contributed by atoms with E-state index in [1.807, 2.05) is 0 Å². The minimum atomic E-state index is -0.831. The van der Waals surface area contributed by atoms with Crippen LogP contribution in [0.4, 0.5) is 0 Å². The molecule has 1 aliphatic heterocycles. The number of carbonyl (C=O) groups excluding carboxylic acids is 1. The summed E-state index contributed by atoms with van der Waals surface area (Å²) < 4.78 is 2.14. The molecule has 5 heteroatoms. The number of nitrogens with zero attached hydrogens (tertiary/aromatic N) is 2. The molecule has 116 valence electrons. The van der Waals surface area contributed by atoms with Crippen LogP contribution in [0.5, 0.6) is 0 Å². The van der Waals surface area contributed by atoms with E-state index in [1.54, 1.807) is 0 Å². The second-order valence-corrected chi connectivity index (χ2v) is 6.45. The number of aromatic nitrogens is 1. The van der Waals surface area contributed by atoms with Gasteiger partial charge in [0.05, 0.1) is 0 Å². The maximum absolute atomic E-state index is 11.9. The highest BCUT2D eigenvalue weighted by Gasteiger charge is 2.32. The summed E-state index contributed by atoms with van der Waals surface area (Å²) in [5.74, 6) is -0.0632. The second kappa shape index (κ2) is 6.20. The van der Waals surface area contributed by atoms with Crippen LogP contribution in [0.15, 0.2) is 18.3 Å². The van der Waals surface area contributed by atoms with Crippen molar-refractivity contribution in [2.75, 3.05) is 13.1 Å². The highest BCUT2D eigenvalue weighted by Crippen LogP contribution is 2.24. The van der Waals surface area contributed by atoms with Gasteiger partial charge in [0, 0.05) is 31.5 Å². The number of aliphatic hydroxyl groups excluding tert-OH is 1. The predicted octanol–water partition coefficient (Wildman–Crippen LogP) is 0.877. The number of nitrogens with one attached hydrogen (secondary N) is 1. The molecule has 0 unspecified atom stereocenters. The molecule has 1 saturated carbocycles. The zero-order valence-corrected chi connectivity index (χ0v) is 12.7. The SMILES string of the molecule is Cn1cccc1CN1CCC([C@@H](O)C(=O)NC2CC2)CC1. The van der Waals surface area contributed by atoms with Gasteiger partial charge < -0.3 is 15.0 Å². The van der Waals surface area contributed by atoms with Crippen molar-refractivity contribution in [1.29, 1.82) is 0 Å². The van der Waals surface area contributed by atoms with E-state index in [2.05, 4.69) is 40.2 Å². The molecule has 1 aromatic heterocycles. The molecule has 1 atom stereocenters. The van der Waals surface area contributed by atoms with Gasteiger partial charge in [-0.15, -0.1) is 0 Å². The summed E-state index contributed by atoms with van der Waals surface area (Å²) in [5, 5.41) is 13.1. The van der Waals surface area contributed by atoms with Crippen molar-refractivity contribution in [3.63, 3.8) is 0 Å². The zero-order chi connectivity index (χ0) is 14.8. The number of hydrogen-bond donors (Lipinski definition) is 2. The molecule has 0 radical (unpaired) electrons. The summed E-state index contributed by atoms with van der Waals surface area (Å²) in [4.78, 5) is 14.3. The van der Waals surface area contributed by atoms with Crippen molar-refractivity contribution in [3.8, 4) is 0 Å². The Balaban J connectivity index is 1.45. The van der Waals surface area contributed by atoms with E-state index >= 15 is 0 Å². The lowest BCUT2D eigenvalue weighted by atomic mass is 9.90. The average Bonchev–Trinajstić information content (AvgIpc) is 3.21. The molecule has 0 bridgehead atoms. The fraction of sp³-hybridized carbons (Fsp3) is 0.688. The molecule has 2 heterocycles. The van der Waals surface area contributed by atoms with Crippen molar-refractivity contribution in [2.24, 2.45) is 13.0 Å². The fourth-order valence-corrected chi connectivity index (χ4v) is 3.04. The molecule has 1 saturated heterocycles. The Morgan fingerprint density at radius 1 is 1.38 bits per heavy atom. The minimum Gasteiger partial charge on any atom is -0.383 e. The van der Waals surface area contributed by atoms with Gasteiger partial charge in [-0.25, -0.2) is 0 Å². The molecule has 1 aliphatic carbocycles. The monoisotopic (exact) mass is 291 g/mol. The molecule has 3 rings (SSSR count). The van der Waals surface area contributed by atoms with E-state index in [0.717, 1.165) is 45.3 Å². The van der Waals surface area contributed by atoms with Crippen LogP contribution in [0.2, 0.25) is 0 Å². The molecular weight excluding hydrogens is 266 g/mol. The number of rotatable bonds is 5. The van der Waals surface area contributed by atoms with Crippen LogP contribution < -0.4 is 5.32 Å². The van der Waals surface area contributed by atoms with Crippen molar-refractivity contribution in [1.82, 2.24) is 14.8 Å². The van der Waals surface area contributed by atoms with E-state index in [0.29, 0.717) is 6.04 Å². The van der Waals surface area contributed by atoms with E-state index < -0.39 is 6.10 Å². The summed E-state index contributed by atoms with van der Waals surface area (Å²) in [6.07, 6.45) is 5.14. The predicted molar refractivity (Wildman–Crippen MR) is 80.6 cm³/mol. The van der Waals surface area contributed by atoms with Crippen molar-refractivity contribution in [2.45, 2.75) is 44.4 Å². The Bertz CT molecular complexity index is 487. The van der Waals surface area contributed by atoms with E-state index in [-0.39, 0.29) is 11.8 Å². The molecule has 1 amide bonds. The molecule has 2 aliphatic rings. The van der Waals surface area contributed by atoms with Crippen molar-refractivity contribution >= 4 is 5.91 Å². The lowest BCUT2D eigenvalue weighted by molar-refractivity contribution is -0.133. The lowest BCUT2D eigenvalue weighted by Crippen LogP contribution is -2.45. The van der Waals surface area contributed by atoms with Gasteiger partial charge in [0.15, 0.2) is 0 Å². The van der Waals surface area contributed by atoms with E-state index in [4.69, 9.17) is 0 Å². The van der Waals surface area contributed by atoms with E-state index in [1.165, 1.54) is 5.69 Å². The third kappa shape index (κ3) is 3.66. The molecule has 2 fully saturated rings. The first kappa shape index (κ1) is 14.6. The van der Waals surface area contributed by atoms with Gasteiger partial charge in [-0.2, -0.15) is 0 Å². The number of carbonyl (C=O) groups is 1. The Kier molecular flexibility index (Phi) is 4.31. The van der Waals surface area contributed by atoms with Gasteiger partial charge in [0.25, 0.3) is 0 Å². The number of amides is 1. The van der Waals surface area contributed by atoms with Gasteiger partial charge in [0.2, 0.25) is 5.91 Å². The fourth-order valence-electron chi connectivity index (χ4n) is 3.04. The molecular formula is C16H25N3O2. The first-order valence-corrected chi connectivity index (χ1v) is 7.94. The number of hydrogen-bond acceptors (Lipinski definition) is 3. The van der Waals surface area contributed by atoms with E-state index in [9.17, 15) is 9.90 Å². The van der Waals surface area contributed by atoms with Crippen LogP contribution >= 0.6 is 0 Å². The average molecular weight is 291 g/mol. The molecule has 1 aromatic rings. The van der Waals surface area contributed by atoms with Crippen molar-refractivity contribution in [3.05, 3.63) is 24.0 Å². The van der Waals surface area contributed by atoms with Crippen molar-refractivity contribution < 1.29 is 9.90 Å². The molecule has 0 spiro atoms. The molecule has 2 N–H and O–H groups in total. The van der Waals surface area contributed by atoms with Crippen LogP contribution in [0, 0.1) is 5.92 Å². The zero-order valence-electron chi connectivity index (χ0n) is 12.7. The van der Waals surface area contributed by atoms with Crippen LogP contribution in [0.25, 0.3) is 0 Å². The third-order valence-electron chi connectivity index (χ3n) is 4.71. The van der Waals surface area contributed by atoms with Crippen LogP contribution in [0.3, 0.4) is 0 Å². The Labute approximate surface area is 125 Å². The van der Waals surface area contributed by atoms with Gasteiger partial charge in [0.1, 0.15) is 6.10 Å². The quantitative estimate of drug-likeness (QED) is 0.846. The van der Waals surface area contributed by atoms with Gasteiger partial charge in [-0.3, -0.25) is 9.69 Å². The summed E-state index contributed by atoms with van der Waals surface area (Å²) in [6.45, 7) is 2.84. The summed E-state index contributed by atoms with van der Waals surface area (Å²) in [5.41, 5.74) is 1.31. The molecule has 21 heavy (non-hydrogen) atoms. The van der Waals surface area contributed by atoms with Crippen LogP contribution in [-0.4, -0.2) is 45.7 Å². The first-order valence-electron chi connectivity index (χ1n) is 7.94. The highest BCUT2D eigenvalue weighted by molar-refractivity contribution is 5.81. The minimum absolute atomic E-state index is 0.105. The number of aliphatic hydroxyl groups is 1. The number of aryl methyl sites for hydroxylation is 1. The van der Waals surface area contributed by atoms with Crippen LogP contribution in [0.1, 0.15) is 31.4 Å². The highest BCUT2D eigenvalue weighted by atomic mass is 16.3. The molecule has 0 aromatic carbocycles. The Hall–Kier alpha value is -1.33. The smallest absolute Gasteiger partial charge is 0.249 e. The second-order valence-electron chi connectivity index (χ2n) is 6.45. The standard InChI is InChI=1S/C16H25N3O2/c1-18-8-2-3-14(18)11-19-9-6-12(7-10-19)15(20)16(21)17-13-4-5-13/h2-3,8,12-13,15,20H,4-7,9-11H2,1H3,(H,17,21)/t15-/m1/s1. The van der Waals surface area contributed by atoms with Gasteiger partial charge in [-0.1, -0.05) is 0 Å². The Morgan fingerprint density at radius 3 is 2.67 bits per heavy atom. The summed E-state index contributed by atoms with van der Waals surface area (Å²) in [7, 11) is 2.06. The number of likely N-dealkylation sites (tertiary alicyclic amines) is 1. The van der Waals surface area contributed by atoms with Crippen LogP contribution in [-0.2, 0) is 18.4 Å². The van der Waals surface area contributed by atoms with Gasteiger partial charge >= 0.3 is 0 Å². The maximum atomic E-state index is 11.9. The number of piperidine rings is 1. The maximum Gasteiger partial charge on any atom is 0.249 e. The Morgan fingerprint density at radius 2 is 2.10 bits per heavy atom. The van der Waals surface area contributed by atoms with Gasteiger partial charge in [-0.05, 0) is 56.8 Å². The molecule has 5 nitrogen and oxygen atoms in total. The summed E-state index contributed by atoms with van der Waals surface area (Å²) in [6, 6.07) is 4.53. The topological polar surface area (TPSA) is 57.5 Å². The first-order chi connectivity index (χ1) is 10.1. The third-order valence-corrected chi connectivity index (χ3v) is 4.71. The normalized spacial score (nSPS) is 22.2.